The third-order valence-corrected chi connectivity index (χ3v) is 4.29. The van der Waals surface area contributed by atoms with Gasteiger partial charge in [0.1, 0.15) is 0 Å². The summed E-state index contributed by atoms with van der Waals surface area (Å²) in [5, 5.41) is 10.3. The van der Waals surface area contributed by atoms with Crippen LogP contribution >= 0.6 is 0 Å². The highest BCUT2D eigenvalue weighted by molar-refractivity contribution is 4.82. The third kappa shape index (κ3) is 3.21. The molecule has 1 N–H and O–H groups in total. The second-order valence-electron chi connectivity index (χ2n) is 6.12. The molecular weight excluding hydrogens is 200 g/mol. The van der Waals surface area contributed by atoms with Crippen LogP contribution in [0.1, 0.15) is 52.4 Å². The molecule has 1 aliphatic carbocycles. The van der Waals surface area contributed by atoms with Crippen molar-refractivity contribution < 1.29 is 9.84 Å². The molecule has 0 radical (unpaired) electrons. The Kier molecular flexibility index (Phi) is 4.26. The molecule has 4 unspecified atom stereocenters. The van der Waals surface area contributed by atoms with Gasteiger partial charge in [0, 0.05) is 6.61 Å². The van der Waals surface area contributed by atoms with E-state index in [2.05, 4.69) is 13.8 Å². The van der Waals surface area contributed by atoms with E-state index in [1.807, 2.05) is 0 Å². The van der Waals surface area contributed by atoms with Crippen LogP contribution in [0.3, 0.4) is 0 Å². The van der Waals surface area contributed by atoms with Gasteiger partial charge in [-0.2, -0.15) is 0 Å². The summed E-state index contributed by atoms with van der Waals surface area (Å²) in [5.74, 6) is 2.09. The van der Waals surface area contributed by atoms with Crippen molar-refractivity contribution in [3.63, 3.8) is 0 Å². The van der Waals surface area contributed by atoms with E-state index in [4.69, 9.17) is 4.74 Å². The predicted molar refractivity (Wildman–Crippen MR) is 65.3 cm³/mol. The highest BCUT2D eigenvalue weighted by Gasteiger charge is 2.31. The fourth-order valence-corrected chi connectivity index (χ4v) is 3.62. The van der Waals surface area contributed by atoms with Gasteiger partial charge < -0.3 is 9.84 Å². The Balaban J connectivity index is 1.80. The van der Waals surface area contributed by atoms with Gasteiger partial charge in [0.2, 0.25) is 0 Å². The molecule has 1 saturated carbocycles. The fourth-order valence-electron chi connectivity index (χ4n) is 3.62. The highest BCUT2D eigenvalue weighted by Crippen LogP contribution is 2.36. The molecular formula is C14H26O2. The molecule has 0 bridgehead atoms. The second-order valence-corrected chi connectivity index (χ2v) is 6.12. The summed E-state index contributed by atoms with van der Waals surface area (Å²) in [6.07, 6.45) is 7.14. The van der Waals surface area contributed by atoms with Gasteiger partial charge in [0.05, 0.1) is 12.2 Å². The summed E-state index contributed by atoms with van der Waals surface area (Å²) in [6, 6.07) is 0. The van der Waals surface area contributed by atoms with E-state index in [0.29, 0.717) is 12.0 Å². The number of aliphatic hydroxyl groups excluding tert-OH is 1. The summed E-state index contributed by atoms with van der Waals surface area (Å²) in [5.41, 5.74) is 0. The van der Waals surface area contributed by atoms with Gasteiger partial charge >= 0.3 is 0 Å². The summed E-state index contributed by atoms with van der Waals surface area (Å²) in [4.78, 5) is 0. The molecule has 2 nitrogen and oxygen atoms in total. The molecule has 2 rings (SSSR count). The monoisotopic (exact) mass is 226 g/mol. The standard InChI is InChI=1S/C14H26O2/c1-10-6-11(2)8-12(7-10)14(15)9-13-4-3-5-16-13/h10-15H,3-9H2,1-2H3. The number of hydrogen-bond donors (Lipinski definition) is 1. The van der Waals surface area contributed by atoms with Gasteiger partial charge in [0.15, 0.2) is 0 Å². The molecule has 4 atom stereocenters. The molecule has 2 aliphatic rings. The first-order valence-corrected chi connectivity index (χ1v) is 6.94. The van der Waals surface area contributed by atoms with Gasteiger partial charge in [-0.05, 0) is 56.3 Å². The van der Waals surface area contributed by atoms with Crippen LogP contribution in [0.2, 0.25) is 0 Å². The van der Waals surface area contributed by atoms with Crippen molar-refractivity contribution in [3.8, 4) is 0 Å². The maximum absolute atomic E-state index is 10.3. The quantitative estimate of drug-likeness (QED) is 0.801. The maximum atomic E-state index is 10.3. The lowest BCUT2D eigenvalue weighted by molar-refractivity contribution is 0.00466. The van der Waals surface area contributed by atoms with E-state index in [1.54, 1.807) is 0 Å². The molecule has 1 aliphatic heterocycles. The van der Waals surface area contributed by atoms with Crippen molar-refractivity contribution in [2.75, 3.05) is 6.61 Å². The number of rotatable bonds is 3. The van der Waals surface area contributed by atoms with Crippen molar-refractivity contribution in [2.45, 2.75) is 64.6 Å². The Bertz CT molecular complexity index is 201. The number of ether oxygens (including phenoxy) is 1. The minimum absolute atomic E-state index is 0.131. The fraction of sp³-hybridized carbons (Fsp3) is 1.00. The predicted octanol–water partition coefficient (Wildman–Crippen LogP) is 2.99. The molecule has 16 heavy (non-hydrogen) atoms. The zero-order chi connectivity index (χ0) is 11.5. The van der Waals surface area contributed by atoms with Crippen LogP contribution in [0.25, 0.3) is 0 Å². The largest absolute Gasteiger partial charge is 0.393 e. The first-order chi connectivity index (χ1) is 7.65. The van der Waals surface area contributed by atoms with Crippen LogP contribution in [-0.4, -0.2) is 23.9 Å². The lowest BCUT2D eigenvalue weighted by Gasteiger charge is -2.35. The van der Waals surface area contributed by atoms with Gasteiger partial charge in [-0.25, -0.2) is 0 Å². The van der Waals surface area contributed by atoms with E-state index in [1.165, 1.54) is 25.7 Å². The Morgan fingerprint density at radius 3 is 2.44 bits per heavy atom. The molecule has 94 valence electrons. The number of hydrogen-bond acceptors (Lipinski definition) is 2. The number of aliphatic hydroxyl groups is 1. The van der Waals surface area contributed by atoms with E-state index >= 15 is 0 Å². The van der Waals surface area contributed by atoms with E-state index < -0.39 is 0 Å². The molecule has 0 aromatic rings. The Morgan fingerprint density at radius 1 is 1.19 bits per heavy atom. The molecule has 0 spiro atoms. The zero-order valence-electron chi connectivity index (χ0n) is 10.7. The molecule has 0 amide bonds. The first-order valence-electron chi connectivity index (χ1n) is 6.94. The molecule has 1 heterocycles. The molecule has 1 saturated heterocycles. The molecule has 2 fully saturated rings. The summed E-state index contributed by atoms with van der Waals surface area (Å²) < 4.78 is 5.61. The Morgan fingerprint density at radius 2 is 1.88 bits per heavy atom. The average Bonchev–Trinajstić information content (AvgIpc) is 2.68. The Hall–Kier alpha value is -0.0800. The SMILES string of the molecule is CC1CC(C)CC(C(O)CC2CCCO2)C1. The molecule has 0 aromatic heterocycles. The first kappa shape index (κ1) is 12.4. The van der Waals surface area contributed by atoms with E-state index in [-0.39, 0.29) is 6.10 Å². The van der Waals surface area contributed by atoms with E-state index in [9.17, 15) is 5.11 Å². The van der Waals surface area contributed by atoms with Crippen molar-refractivity contribution in [1.29, 1.82) is 0 Å². The second kappa shape index (κ2) is 5.50. The Labute approximate surface area is 99.4 Å². The van der Waals surface area contributed by atoms with Gasteiger partial charge in [-0.15, -0.1) is 0 Å². The van der Waals surface area contributed by atoms with Gasteiger partial charge in [-0.1, -0.05) is 13.8 Å². The van der Waals surface area contributed by atoms with Crippen LogP contribution in [-0.2, 0) is 4.74 Å². The lowest BCUT2D eigenvalue weighted by atomic mass is 9.73. The summed E-state index contributed by atoms with van der Waals surface area (Å²) in [7, 11) is 0. The van der Waals surface area contributed by atoms with Crippen molar-refractivity contribution in [1.82, 2.24) is 0 Å². The third-order valence-electron chi connectivity index (χ3n) is 4.29. The molecule has 0 aromatic carbocycles. The van der Waals surface area contributed by atoms with Crippen molar-refractivity contribution in [3.05, 3.63) is 0 Å². The van der Waals surface area contributed by atoms with Gasteiger partial charge in [0.25, 0.3) is 0 Å². The van der Waals surface area contributed by atoms with Crippen molar-refractivity contribution >= 4 is 0 Å². The smallest absolute Gasteiger partial charge is 0.0600 e. The van der Waals surface area contributed by atoms with Gasteiger partial charge in [-0.3, -0.25) is 0 Å². The maximum Gasteiger partial charge on any atom is 0.0600 e. The average molecular weight is 226 g/mol. The van der Waals surface area contributed by atoms with Crippen LogP contribution in [0, 0.1) is 17.8 Å². The van der Waals surface area contributed by atoms with E-state index in [0.717, 1.165) is 31.3 Å². The van der Waals surface area contributed by atoms with Crippen LogP contribution in [0.15, 0.2) is 0 Å². The topological polar surface area (TPSA) is 29.5 Å². The van der Waals surface area contributed by atoms with Crippen LogP contribution in [0.4, 0.5) is 0 Å². The summed E-state index contributed by atoms with van der Waals surface area (Å²) in [6.45, 7) is 5.54. The van der Waals surface area contributed by atoms with Crippen LogP contribution < -0.4 is 0 Å². The zero-order valence-corrected chi connectivity index (χ0v) is 10.7. The normalized spacial score (nSPS) is 42.2. The van der Waals surface area contributed by atoms with Crippen LogP contribution in [0.5, 0.6) is 0 Å². The molecule has 2 heteroatoms. The minimum Gasteiger partial charge on any atom is -0.393 e. The summed E-state index contributed by atoms with van der Waals surface area (Å²) >= 11 is 0. The highest BCUT2D eigenvalue weighted by atomic mass is 16.5. The lowest BCUT2D eigenvalue weighted by Crippen LogP contribution is -2.31. The van der Waals surface area contributed by atoms with Crippen molar-refractivity contribution in [2.24, 2.45) is 17.8 Å². The minimum atomic E-state index is -0.131.